The molecule has 2 saturated carbocycles. The summed E-state index contributed by atoms with van der Waals surface area (Å²) in [5, 5.41) is 11.5. The van der Waals surface area contributed by atoms with Gasteiger partial charge in [0.05, 0.1) is 37.2 Å². The first-order valence-corrected chi connectivity index (χ1v) is 24.4. The molecule has 1 aromatic heterocycles. The Morgan fingerprint density at radius 3 is 1.49 bits per heavy atom. The number of nitrogens with zero attached hydrogens (tertiary/aromatic N) is 1. The van der Waals surface area contributed by atoms with Gasteiger partial charge < -0.3 is 47.8 Å². The van der Waals surface area contributed by atoms with Crippen LogP contribution in [0.3, 0.4) is 0 Å². The lowest BCUT2D eigenvalue weighted by Crippen LogP contribution is -2.70. The van der Waals surface area contributed by atoms with E-state index in [0.717, 1.165) is 50.9 Å². The van der Waals surface area contributed by atoms with Gasteiger partial charge in [-0.05, 0) is 76.0 Å². The molecule has 376 valence electrons. The number of fused-ring (bicyclic) bond motifs is 4. The average Bonchev–Trinajstić information content (AvgIpc) is 3.69. The van der Waals surface area contributed by atoms with Crippen LogP contribution in [0.25, 0.3) is 0 Å². The van der Waals surface area contributed by atoms with Crippen LogP contribution in [-0.2, 0) is 81.4 Å². The molecule has 10 aliphatic rings. The van der Waals surface area contributed by atoms with Crippen molar-refractivity contribution >= 4 is 29.8 Å². The minimum atomic E-state index is -0.996. The van der Waals surface area contributed by atoms with E-state index in [1.165, 1.54) is 12.1 Å². The summed E-state index contributed by atoms with van der Waals surface area (Å²) in [5.74, 6) is -6.09. The van der Waals surface area contributed by atoms with Gasteiger partial charge in [0.15, 0.2) is 36.2 Å². The van der Waals surface area contributed by atoms with Gasteiger partial charge in [0.1, 0.15) is 19.8 Å². The normalized spacial score (nSPS) is 41.4. The van der Waals surface area contributed by atoms with E-state index in [2.05, 4.69) is 13.8 Å². The molecule has 11 rings (SSSR count). The molecule has 68 heavy (non-hydrogen) atoms. The average molecular weight is 960 g/mol. The van der Waals surface area contributed by atoms with Gasteiger partial charge >= 0.3 is 29.8 Å². The van der Waals surface area contributed by atoms with Gasteiger partial charge in [0.25, 0.3) is 0 Å². The fourth-order valence-corrected chi connectivity index (χ4v) is 12.3. The molecule has 16 atom stereocenters. The molecule has 8 saturated heterocycles. The molecule has 0 N–H and O–H groups in total. The molecule has 1 aromatic rings. The summed E-state index contributed by atoms with van der Waals surface area (Å²) in [7, 11) is 0. The molecule has 0 unspecified atom stereocenters. The van der Waals surface area contributed by atoms with Crippen molar-refractivity contribution in [3.8, 4) is 0 Å². The Morgan fingerprint density at radius 1 is 0.603 bits per heavy atom. The van der Waals surface area contributed by atoms with Crippen molar-refractivity contribution in [1.82, 2.24) is 0 Å². The zero-order valence-corrected chi connectivity index (χ0v) is 39.6. The topological polar surface area (TPSA) is 232 Å². The van der Waals surface area contributed by atoms with Crippen LogP contribution < -0.4 is 4.73 Å². The summed E-state index contributed by atoms with van der Waals surface area (Å²) >= 11 is 0. The van der Waals surface area contributed by atoms with Gasteiger partial charge in [0, 0.05) is 48.6 Å². The van der Waals surface area contributed by atoms with E-state index < -0.39 is 83.7 Å². The monoisotopic (exact) mass is 959 g/mol. The first kappa shape index (κ1) is 49.0. The highest BCUT2D eigenvalue weighted by atomic mass is 17.3. The predicted molar refractivity (Wildman–Crippen MR) is 225 cm³/mol. The number of hydrogen-bond acceptors (Lipinski definition) is 19. The minimum absolute atomic E-state index is 0.0637. The van der Waals surface area contributed by atoms with Crippen LogP contribution in [0.4, 0.5) is 0 Å². The third kappa shape index (κ3) is 9.35. The van der Waals surface area contributed by atoms with Crippen molar-refractivity contribution in [2.45, 2.75) is 167 Å². The second kappa shape index (κ2) is 19.3. The zero-order chi connectivity index (χ0) is 48.2. The smallest absolute Gasteiger partial charge is 0.338 e. The molecular formula is C48H65NO19. The minimum Gasteiger partial charge on any atom is -0.619 e. The Labute approximate surface area is 394 Å². The highest BCUT2D eigenvalue weighted by Gasteiger charge is 2.71. The molecule has 20 nitrogen and oxygen atoms in total. The van der Waals surface area contributed by atoms with Crippen LogP contribution in [0, 0.1) is 58.5 Å². The number of rotatable bonds is 15. The second-order valence-electron chi connectivity index (χ2n) is 20.8. The van der Waals surface area contributed by atoms with Gasteiger partial charge in [-0.2, -0.15) is 4.73 Å². The summed E-state index contributed by atoms with van der Waals surface area (Å²) in [4.78, 5) is 89.2. The van der Waals surface area contributed by atoms with E-state index in [-0.39, 0.29) is 86.6 Å². The van der Waals surface area contributed by atoms with Crippen LogP contribution >= 0.6 is 0 Å². The molecule has 4 bridgehead atoms. The van der Waals surface area contributed by atoms with Crippen LogP contribution in [0.5, 0.6) is 0 Å². The molecule has 2 spiro atoms. The Balaban J connectivity index is 0.753. The molecule has 10 fully saturated rings. The molecule has 20 heteroatoms. The largest absolute Gasteiger partial charge is 0.619 e. The first-order valence-electron chi connectivity index (χ1n) is 24.4. The third-order valence-electron chi connectivity index (χ3n) is 16.2. The maximum atomic E-state index is 13.2. The van der Waals surface area contributed by atoms with Crippen molar-refractivity contribution in [2.24, 2.45) is 53.3 Å². The highest BCUT2D eigenvalue weighted by Crippen LogP contribution is 2.62. The Bertz CT molecular complexity index is 1940. The van der Waals surface area contributed by atoms with E-state index in [1.54, 1.807) is 0 Å². The van der Waals surface area contributed by atoms with Crippen molar-refractivity contribution < 1.29 is 90.9 Å². The molecule has 0 aromatic carbocycles. The standard InChI is InChI=1S/C48H65NO19/c1-26-7-9-34-28(3)41(61-43-47(34)32(26)15-19-45(5,63-43)65-67-47)59-38(52)13-11-36(50)56-23-30(25-58-40(54)31-17-21-49(55)22-18-31)24-57-37(51)12-14-39(53)60-42-29(4)35-10-8-27(2)33-16-20-46(6)64-44(62-42)48(33,35)68-66-46/h17-18,21-22,26-30,32-35,41-44H,7-16,19-20,23-25H2,1-6H3/t26-,27-,28-,29-,32+,33+,34+,35+,41-,42-,43-,44-,45+,46+,47-,48-/m1/s1. The Kier molecular flexibility index (Phi) is 13.9. The molecule has 0 radical (unpaired) electrons. The Morgan fingerprint density at radius 2 is 1.03 bits per heavy atom. The third-order valence-corrected chi connectivity index (χ3v) is 16.2. The number of hydrogen-bond donors (Lipinski definition) is 0. The fourth-order valence-electron chi connectivity index (χ4n) is 12.3. The summed E-state index contributed by atoms with van der Waals surface area (Å²) in [6, 6.07) is 2.56. The van der Waals surface area contributed by atoms with Crippen molar-refractivity contribution in [1.29, 1.82) is 0 Å². The van der Waals surface area contributed by atoms with Crippen LogP contribution in [-0.4, -0.2) is 97.6 Å². The molecule has 2 aliphatic carbocycles. The number of carbonyl (C=O) groups is 5. The fraction of sp³-hybridized carbons (Fsp3) is 0.792. The van der Waals surface area contributed by atoms with Crippen LogP contribution in [0.1, 0.15) is 129 Å². The number of pyridine rings is 1. The molecule has 9 heterocycles. The van der Waals surface area contributed by atoms with Crippen molar-refractivity contribution in [3.63, 3.8) is 0 Å². The van der Waals surface area contributed by atoms with E-state index in [9.17, 15) is 29.2 Å². The lowest BCUT2D eigenvalue weighted by atomic mass is 9.58. The van der Waals surface area contributed by atoms with E-state index in [4.69, 9.17) is 62.2 Å². The maximum absolute atomic E-state index is 13.2. The van der Waals surface area contributed by atoms with Crippen molar-refractivity contribution in [2.75, 3.05) is 19.8 Å². The van der Waals surface area contributed by atoms with Gasteiger partial charge in [-0.25, -0.2) is 24.3 Å². The van der Waals surface area contributed by atoms with E-state index in [0.29, 0.717) is 29.4 Å². The number of ether oxygens (including phenoxy) is 9. The SMILES string of the molecule is C[C@H]1[C@H](OC(=O)CCC(=O)OCC(COC(=O)CCC(=O)O[C@@H]2O[C@@H]3O[C@]4(C)CC[C@H]5[C@H](C)CC[C@@H]([C@H]2C)[C@@]35OO4)COC(=O)c2cc[n+]([O-])cc2)O[C@@H]2O[C@]3(C)CC[C@H]4[C@H](C)CC[C@@H]1[C@@]24OO3. The van der Waals surface area contributed by atoms with Gasteiger partial charge in [0.2, 0.25) is 24.2 Å². The molecule has 8 aliphatic heterocycles. The number of esters is 5. The van der Waals surface area contributed by atoms with Crippen LogP contribution in [0.15, 0.2) is 24.5 Å². The summed E-state index contributed by atoms with van der Waals surface area (Å²) in [6.45, 7) is 10.9. The van der Waals surface area contributed by atoms with Crippen molar-refractivity contribution in [3.05, 3.63) is 35.3 Å². The summed E-state index contributed by atoms with van der Waals surface area (Å²) in [5.41, 5.74) is -1.56. The van der Waals surface area contributed by atoms with E-state index in [1.807, 2.05) is 27.7 Å². The Hall–Kier alpha value is -4.02. The maximum Gasteiger partial charge on any atom is 0.338 e. The number of carbonyl (C=O) groups excluding carboxylic acids is 5. The molecular weight excluding hydrogens is 895 g/mol. The summed E-state index contributed by atoms with van der Waals surface area (Å²) in [6.07, 6.45) is 4.01. The lowest BCUT2D eigenvalue weighted by Gasteiger charge is -2.59. The quantitative estimate of drug-likeness (QED) is 0.0719. The lowest BCUT2D eigenvalue weighted by molar-refractivity contribution is -0.605. The van der Waals surface area contributed by atoms with Crippen LogP contribution in [0.2, 0.25) is 0 Å². The highest BCUT2D eigenvalue weighted by molar-refractivity contribution is 5.89. The second-order valence-corrected chi connectivity index (χ2v) is 20.8. The predicted octanol–water partition coefficient (Wildman–Crippen LogP) is 5.24. The number of aromatic nitrogens is 1. The zero-order valence-electron chi connectivity index (χ0n) is 39.6. The summed E-state index contributed by atoms with van der Waals surface area (Å²) < 4.78 is 53.8. The molecule has 0 amide bonds. The van der Waals surface area contributed by atoms with E-state index >= 15 is 0 Å². The van der Waals surface area contributed by atoms with Gasteiger partial charge in [-0.3, -0.25) is 19.2 Å². The first-order chi connectivity index (χ1) is 32.4. The van der Waals surface area contributed by atoms with Gasteiger partial charge in [-0.1, -0.05) is 27.7 Å². The van der Waals surface area contributed by atoms with Gasteiger partial charge in [-0.15, -0.1) is 0 Å².